The third-order valence-corrected chi connectivity index (χ3v) is 4.30. The fourth-order valence-electron chi connectivity index (χ4n) is 3.11. The maximum atomic E-state index is 10.8. The van der Waals surface area contributed by atoms with Crippen LogP contribution in [0.5, 0.6) is 11.5 Å². The summed E-state index contributed by atoms with van der Waals surface area (Å²) in [7, 11) is 0. The number of benzene rings is 2. The molecular formula is C24H26O2. The third kappa shape index (κ3) is 4.15. The Labute approximate surface area is 156 Å². The van der Waals surface area contributed by atoms with Gasteiger partial charge in [0, 0.05) is 5.56 Å². The number of phenols is 2. The molecule has 0 radical (unpaired) electrons. The van der Waals surface area contributed by atoms with E-state index in [9.17, 15) is 10.2 Å². The normalized spacial score (nSPS) is 10.3. The van der Waals surface area contributed by atoms with Crippen molar-refractivity contribution in [2.75, 3.05) is 0 Å². The highest BCUT2D eigenvalue weighted by atomic mass is 16.3. The highest BCUT2D eigenvalue weighted by Gasteiger charge is 2.15. The Hall–Kier alpha value is -3.00. The number of hydrogen-bond acceptors (Lipinski definition) is 2. The van der Waals surface area contributed by atoms with E-state index >= 15 is 0 Å². The highest BCUT2D eigenvalue weighted by molar-refractivity contribution is 5.75. The fourth-order valence-corrected chi connectivity index (χ4v) is 3.11. The van der Waals surface area contributed by atoms with Gasteiger partial charge in [0.2, 0.25) is 0 Å². The lowest BCUT2D eigenvalue weighted by Gasteiger charge is -2.15. The van der Waals surface area contributed by atoms with E-state index in [-0.39, 0.29) is 11.5 Å². The predicted molar refractivity (Wildman–Crippen MR) is 111 cm³/mol. The first kappa shape index (κ1) is 19.3. The molecule has 0 spiro atoms. The molecule has 2 heteroatoms. The minimum atomic E-state index is 0.248. The van der Waals surface area contributed by atoms with Crippen LogP contribution in [-0.4, -0.2) is 10.2 Å². The molecule has 2 aromatic rings. The van der Waals surface area contributed by atoms with Crippen molar-refractivity contribution >= 4 is 0 Å². The standard InChI is InChI=1S/C24H26O2/c1-5-9-17-13-18(10-6-2)24(26)22(14-17)21-15-19(11-7-3)23(25)20(16-21)12-8-4/h5-8,13-16,25-26H,1-4,9-12H2. The molecule has 0 aromatic heterocycles. The second-order valence-corrected chi connectivity index (χ2v) is 6.27. The van der Waals surface area contributed by atoms with Crippen molar-refractivity contribution < 1.29 is 10.2 Å². The maximum absolute atomic E-state index is 10.8. The lowest BCUT2D eigenvalue weighted by atomic mass is 9.91. The molecule has 26 heavy (non-hydrogen) atoms. The van der Waals surface area contributed by atoms with Crippen LogP contribution in [0.3, 0.4) is 0 Å². The fraction of sp³-hybridized carbons (Fsp3) is 0.167. The quantitative estimate of drug-likeness (QED) is 0.574. The first-order valence-electron chi connectivity index (χ1n) is 8.69. The second kappa shape index (κ2) is 8.91. The van der Waals surface area contributed by atoms with Gasteiger partial charge in [-0.1, -0.05) is 30.4 Å². The lowest BCUT2D eigenvalue weighted by Crippen LogP contribution is -1.95. The summed E-state index contributed by atoms with van der Waals surface area (Å²) in [5, 5.41) is 21.3. The molecule has 0 unspecified atom stereocenters. The molecule has 0 fully saturated rings. The summed E-state index contributed by atoms with van der Waals surface area (Å²) in [4.78, 5) is 0. The van der Waals surface area contributed by atoms with Crippen LogP contribution in [0.25, 0.3) is 11.1 Å². The summed E-state index contributed by atoms with van der Waals surface area (Å²) >= 11 is 0. The molecule has 0 aliphatic rings. The number of hydrogen-bond donors (Lipinski definition) is 2. The van der Waals surface area contributed by atoms with Crippen LogP contribution < -0.4 is 0 Å². The van der Waals surface area contributed by atoms with Crippen molar-refractivity contribution in [1.29, 1.82) is 0 Å². The first-order chi connectivity index (χ1) is 12.5. The zero-order valence-corrected chi connectivity index (χ0v) is 15.2. The van der Waals surface area contributed by atoms with Gasteiger partial charge in [-0.3, -0.25) is 0 Å². The van der Waals surface area contributed by atoms with Gasteiger partial charge in [0.25, 0.3) is 0 Å². The number of allylic oxidation sites excluding steroid dienone is 4. The molecule has 0 amide bonds. The van der Waals surface area contributed by atoms with Gasteiger partial charge in [0.15, 0.2) is 0 Å². The average molecular weight is 346 g/mol. The van der Waals surface area contributed by atoms with Crippen molar-refractivity contribution in [3.63, 3.8) is 0 Å². The third-order valence-electron chi connectivity index (χ3n) is 4.30. The summed E-state index contributed by atoms with van der Waals surface area (Å²) < 4.78 is 0. The summed E-state index contributed by atoms with van der Waals surface area (Å²) in [5.74, 6) is 0.513. The van der Waals surface area contributed by atoms with Crippen LogP contribution in [0, 0.1) is 0 Å². The van der Waals surface area contributed by atoms with Gasteiger partial charge >= 0.3 is 0 Å². The molecule has 0 atom stereocenters. The van der Waals surface area contributed by atoms with Crippen LogP contribution in [0.15, 0.2) is 74.9 Å². The van der Waals surface area contributed by atoms with E-state index in [1.54, 1.807) is 18.2 Å². The molecule has 0 aliphatic heterocycles. The minimum absolute atomic E-state index is 0.248. The number of aromatic hydroxyl groups is 2. The van der Waals surface area contributed by atoms with E-state index in [1.165, 1.54) is 0 Å². The Kier molecular flexibility index (Phi) is 6.62. The van der Waals surface area contributed by atoms with Crippen molar-refractivity contribution in [2.24, 2.45) is 0 Å². The van der Waals surface area contributed by atoms with Crippen LogP contribution in [0.1, 0.15) is 22.3 Å². The van der Waals surface area contributed by atoms with Crippen LogP contribution in [0.2, 0.25) is 0 Å². The predicted octanol–water partition coefficient (Wildman–Crippen LogP) is 5.68. The monoisotopic (exact) mass is 346 g/mol. The van der Waals surface area contributed by atoms with Gasteiger partial charge in [-0.2, -0.15) is 0 Å². The van der Waals surface area contributed by atoms with Crippen LogP contribution in [0.4, 0.5) is 0 Å². The average Bonchev–Trinajstić information content (AvgIpc) is 2.62. The topological polar surface area (TPSA) is 40.5 Å². The van der Waals surface area contributed by atoms with Gasteiger partial charge in [-0.05, 0) is 71.7 Å². The largest absolute Gasteiger partial charge is 0.507 e. The first-order valence-corrected chi connectivity index (χ1v) is 8.69. The molecule has 2 N–H and O–H groups in total. The molecule has 2 aromatic carbocycles. The molecule has 2 nitrogen and oxygen atoms in total. The Bertz CT molecular complexity index is 813. The number of phenolic OH excluding ortho intramolecular Hbond substituents is 2. The molecule has 0 bridgehead atoms. The smallest absolute Gasteiger partial charge is 0.126 e. The van der Waals surface area contributed by atoms with Gasteiger partial charge in [-0.15, -0.1) is 26.3 Å². The Balaban J connectivity index is 2.72. The maximum Gasteiger partial charge on any atom is 0.126 e. The molecule has 0 heterocycles. The molecule has 0 saturated heterocycles. The van der Waals surface area contributed by atoms with Gasteiger partial charge < -0.3 is 10.2 Å². The minimum Gasteiger partial charge on any atom is -0.507 e. The molecule has 0 aliphatic carbocycles. The summed E-state index contributed by atoms with van der Waals surface area (Å²) in [6.45, 7) is 15.1. The van der Waals surface area contributed by atoms with Crippen molar-refractivity contribution in [3.05, 3.63) is 97.1 Å². The van der Waals surface area contributed by atoms with Gasteiger partial charge in [0.1, 0.15) is 11.5 Å². The zero-order chi connectivity index (χ0) is 19.1. The summed E-state index contributed by atoms with van der Waals surface area (Å²) in [6, 6.07) is 7.78. The summed E-state index contributed by atoms with van der Waals surface area (Å²) in [5.41, 5.74) is 5.09. The molecular weight excluding hydrogens is 320 g/mol. The van der Waals surface area contributed by atoms with Crippen molar-refractivity contribution in [2.45, 2.75) is 25.7 Å². The van der Waals surface area contributed by atoms with Gasteiger partial charge in [-0.25, -0.2) is 0 Å². The summed E-state index contributed by atoms with van der Waals surface area (Å²) in [6.07, 6.45) is 9.54. The van der Waals surface area contributed by atoms with E-state index in [1.807, 2.05) is 30.3 Å². The van der Waals surface area contributed by atoms with E-state index in [2.05, 4.69) is 26.3 Å². The molecule has 0 saturated carbocycles. The van der Waals surface area contributed by atoms with Crippen LogP contribution in [-0.2, 0) is 25.7 Å². The SMILES string of the molecule is C=CCc1cc(CC=C)c(O)c(-c2cc(CC=C)c(O)c(CC=C)c2)c1. The Morgan fingerprint density at radius 2 is 1.08 bits per heavy atom. The Morgan fingerprint density at radius 3 is 1.54 bits per heavy atom. The lowest BCUT2D eigenvalue weighted by molar-refractivity contribution is 0.463. The Morgan fingerprint density at radius 1 is 0.615 bits per heavy atom. The van der Waals surface area contributed by atoms with Crippen molar-refractivity contribution in [3.8, 4) is 22.6 Å². The second-order valence-electron chi connectivity index (χ2n) is 6.27. The molecule has 2 rings (SSSR count). The van der Waals surface area contributed by atoms with E-state index in [0.717, 1.165) is 33.4 Å². The van der Waals surface area contributed by atoms with E-state index < -0.39 is 0 Å². The number of rotatable bonds is 9. The van der Waals surface area contributed by atoms with E-state index in [0.29, 0.717) is 25.7 Å². The van der Waals surface area contributed by atoms with Crippen molar-refractivity contribution in [1.82, 2.24) is 0 Å². The van der Waals surface area contributed by atoms with E-state index in [4.69, 9.17) is 0 Å². The van der Waals surface area contributed by atoms with Crippen LogP contribution >= 0.6 is 0 Å². The van der Waals surface area contributed by atoms with Gasteiger partial charge in [0.05, 0.1) is 0 Å². The zero-order valence-electron chi connectivity index (χ0n) is 15.2. The highest BCUT2D eigenvalue weighted by Crippen LogP contribution is 2.38. The molecule has 134 valence electrons.